The molecule has 19 heavy (non-hydrogen) atoms. The summed E-state index contributed by atoms with van der Waals surface area (Å²) < 4.78 is 18.8. The maximum Gasteiger partial charge on any atom is 0.123 e. The Kier molecular flexibility index (Phi) is 7.03. The lowest BCUT2D eigenvalue weighted by Gasteiger charge is -2.11. The number of benzene rings is 1. The largest absolute Gasteiger partial charge is 0.380 e. The summed E-state index contributed by atoms with van der Waals surface area (Å²) in [4.78, 5) is 0. The SMILES string of the molecule is Cc1cc(F)cc(C)c1CCOCCNCC(C)C. The molecular formula is C16H26FNO. The molecule has 0 saturated carbocycles. The van der Waals surface area contributed by atoms with Crippen LogP contribution >= 0.6 is 0 Å². The van der Waals surface area contributed by atoms with E-state index in [1.54, 1.807) is 12.1 Å². The minimum Gasteiger partial charge on any atom is -0.380 e. The van der Waals surface area contributed by atoms with Crippen LogP contribution in [0, 0.1) is 25.6 Å². The van der Waals surface area contributed by atoms with E-state index in [9.17, 15) is 4.39 Å². The lowest BCUT2D eigenvalue weighted by molar-refractivity contribution is 0.138. The molecule has 0 saturated heterocycles. The average molecular weight is 267 g/mol. The Labute approximate surface area is 116 Å². The predicted octanol–water partition coefficient (Wildman–Crippen LogP) is 3.25. The first-order chi connectivity index (χ1) is 9.00. The average Bonchev–Trinajstić information content (AvgIpc) is 2.30. The zero-order chi connectivity index (χ0) is 14.3. The first-order valence-electron chi connectivity index (χ1n) is 7.04. The molecule has 0 fully saturated rings. The third kappa shape index (κ3) is 6.17. The van der Waals surface area contributed by atoms with Crippen LogP contribution in [0.5, 0.6) is 0 Å². The van der Waals surface area contributed by atoms with E-state index in [4.69, 9.17) is 4.74 Å². The normalized spacial score (nSPS) is 11.3. The molecule has 3 heteroatoms. The standard InChI is InChI=1S/C16H26FNO/c1-12(2)11-18-6-8-19-7-5-16-13(3)9-15(17)10-14(16)4/h9-10,12,18H,5-8,11H2,1-4H3. The van der Waals surface area contributed by atoms with Gasteiger partial charge >= 0.3 is 0 Å². The molecule has 0 bridgehead atoms. The molecule has 2 nitrogen and oxygen atoms in total. The first-order valence-corrected chi connectivity index (χ1v) is 7.04. The van der Waals surface area contributed by atoms with Crippen LogP contribution in [0.25, 0.3) is 0 Å². The summed E-state index contributed by atoms with van der Waals surface area (Å²) in [6.07, 6.45) is 0.849. The fourth-order valence-electron chi connectivity index (χ4n) is 2.15. The lowest BCUT2D eigenvalue weighted by Crippen LogP contribution is -2.24. The molecular weight excluding hydrogens is 241 g/mol. The third-order valence-electron chi connectivity index (χ3n) is 3.13. The topological polar surface area (TPSA) is 21.3 Å². The van der Waals surface area contributed by atoms with Crippen molar-refractivity contribution in [3.05, 3.63) is 34.6 Å². The van der Waals surface area contributed by atoms with Crippen LogP contribution in [0.1, 0.15) is 30.5 Å². The molecule has 0 heterocycles. The van der Waals surface area contributed by atoms with Gasteiger partial charge in [-0.3, -0.25) is 0 Å². The second-order valence-corrected chi connectivity index (χ2v) is 5.48. The second kappa shape index (κ2) is 8.28. The Morgan fingerprint density at radius 2 is 1.79 bits per heavy atom. The second-order valence-electron chi connectivity index (χ2n) is 5.48. The molecule has 0 aromatic heterocycles. The predicted molar refractivity (Wildman–Crippen MR) is 78.1 cm³/mol. The summed E-state index contributed by atoms with van der Waals surface area (Å²) in [5.74, 6) is 0.516. The van der Waals surface area contributed by atoms with Crippen LogP contribution in [-0.2, 0) is 11.2 Å². The number of hydrogen-bond donors (Lipinski definition) is 1. The van der Waals surface area contributed by atoms with Gasteiger partial charge in [0.1, 0.15) is 5.82 Å². The quantitative estimate of drug-likeness (QED) is 0.730. The number of rotatable bonds is 8. The van der Waals surface area contributed by atoms with Gasteiger partial charge < -0.3 is 10.1 Å². The maximum absolute atomic E-state index is 13.2. The van der Waals surface area contributed by atoms with Crippen molar-refractivity contribution in [3.8, 4) is 0 Å². The first kappa shape index (κ1) is 16.1. The van der Waals surface area contributed by atoms with Gasteiger partial charge in [-0.25, -0.2) is 4.39 Å². The van der Waals surface area contributed by atoms with E-state index in [2.05, 4.69) is 19.2 Å². The van der Waals surface area contributed by atoms with Crippen molar-refractivity contribution in [3.63, 3.8) is 0 Å². The van der Waals surface area contributed by atoms with Crippen LogP contribution in [0.3, 0.4) is 0 Å². The summed E-state index contributed by atoms with van der Waals surface area (Å²) in [5.41, 5.74) is 3.23. The van der Waals surface area contributed by atoms with E-state index in [0.29, 0.717) is 12.5 Å². The van der Waals surface area contributed by atoms with Crippen LogP contribution in [-0.4, -0.2) is 26.3 Å². The molecule has 0 atom stereocenters. The number of halogens is 1. The van der Waals surface area contributed by atoms with Gasteiger partial charge in [0.05, 0.1) is 13.2 Å². The molecule has 0 aliphatic rings. The smallest absolute Gasteiger partial charge is 0.123 e. The Morgan fingerprint density at radius 3 is 2.37 bits per heavy atom. The van der Waals surface area contributed by atoms with E-state index in [1.165, 1.54) is 5.56 Å². The van der Waals surface area contributed by atoms with Gasteiger partial charge in [0.25, 0.3) is 0 Å². The highest BCUT2D eigenvalue weighted by atomic mass is 19.1. The zero-order valence-corrected chi connectivity index (χ0v) is 12.6. The number of ether oxygens (including phenoxy) is 1. The molecule has 1 aromatic carbocycles. The molecule has 1 rings (SSSR count). The Morgan fingerprint density at radius 1 is 1.16 bits per heavy atom. The minimum atomic E-state index is -0.155. The fraction of sp³-hybridized carbons (Fsp3) is 0.625. The molecule has 0 spiro atoms. The summed E-state index contributed by atoms with van der Waals surface area (Å²) in [6.45, 7) is 11.6. The van der Waals surface area contributed by atoms with Gasteiger partial charge in [0.15, 0.2) is 0 Å². The Balaban J connectivity index is 2.23. The van der Waals surface area contributed by atoms with E-state index < -0.39 is 0 Å². The lowest BCUT2D eigenvalue weighted by atomic mass is 10.0. The monoisotopic (exact) mass is 267 g/mol. The van der Waals surface area contributed by atoms with Crippen molar-refractivity contribution in [1.82, 2.24) is 5.32 Å². The van der Waals surface area contributed by atoms with Gasteiger partial charge in [0, 0.05) is 6.54 Å². The minimum absolute atomic E-state index is 0.155. The third-order valence-corrected chi connectivity index (χ3v) is 3.13. The van der Waals surface area contributed by atoms with Crippen molar-refractivity contribution in [2.24, 2.45) is 5.92 Å². The van der Waals surface area contributed by atoms with E-state index in [-0.39, 0.29) is 5.82 Å². The number of hydrogen-bond acceptors (Lipinski definition) is 2. The molecule has 0 unspecified atom stereocenters. The van der Waals surface area contributed by atoms with Crippen LogP contribution in [0.4, 0.5) is 4.39 Å². The van der Waals surface area contributed by atoms with Crippen molar-refractivity contribution in [2.45, 2.75) is 34.1 Å². The fourth-order valence-corrected chi connectivity index (χ4v) is 2.15. The van der Waals surface area contributed by atoms with Crippen molar-refractivity contribution in [2.75, 3.05) is 26.3 Å². The highest BCUT2D eigenvalue weighted by Gasteiger charge is 2.05. The molecule has 0 aliphatic carbocycles. The summed E-state index contributed by atoms with van der Waals surface area (Å²) in [7, 11) is 0. The molecule has 0 amide bonds. The van der Waals surface area contributed by atoms with Gasteiger partial charge in [-0.15, -0.1) is 0 Å². The molecule has 0 radical (unpaired) electrons. The van der Waals surface area contributed by atoms with E-state index in [1.807, 2.05) is 13.8 Å². The van der Waals surface area contributed by atoms with Crippen LogP contribution in [0.15, 0.2) is 12.1 Å². The van der Waals surface area contributed by atoms with Gasteiger partial charge in [-0.2, -0.15) is 0 Å². The van der Waals surface area contributed by atoms with Crippen LogP contribution in [0.2, 0.25) is 0 Å². The van der Waals surface area contributed by atoms with Crippen molar-refractivity contribution in [1.29, 1.82) is 0 Å². The Hall–Kier alpha value is -0.930. The summed E-state index contributed by atoms with van der Waals surface area (Å²) in [6, 6.07) is 3.18. The maximum atomic E-state index is 13.2. The number of nitrogens with one attached hydrogen (secondary N) is 1. The molecule has 1 N–H and O–H groups in total. The highest BCUT2D eigenvalue weighted by Crippen LogP contribution is 2.16. The van der Waals surface area contributed by atoms with Crippen molar-refractivity contribution < 1.29 is 9.13 Å². The zero-order valence-electron chi connectivity index (χ0n) is 12.6. The van der Waals surface area contributed by atoms with Crippen LogP contribution < -0.4 is 5.32 Å². The van der Waals surface area contributed by atoms with Gasteiger partial charge in [0.2, 0.25) is 0 Å². The molecule has 108 valence electrons. The van der Waals surface area contributed by atoms with Gasteiger partial charge in [-0.1, -0.05) is 13.8 Å². The highest BCUT2D eigenvalue weighted by molar-refractivity contribution is 5.34. The summed E-state index contributed by atoms with van der Waals surface area (Å²) >= 11 is 0. The van der Waals surface area contributed by atoms with Gasteiger partial charge in [-0.05, 0) is 61.6 Å². The van der Waals surface area contributed by atoms with Crippen molar-refractivity contribution >= 4 is 0 Å². The number of aryl methyl sites for hydroxylation is 2. The summed E-state index contributed by atoms with van der Waals surface area (Å²) in [5, 5.41) is 3.34. The molecule has 0 aliphatic heterocycles. The Bertz CT molecular complexity index is 367. The molecule has 1 aromatic rings. The van der Waals surface area contributed by atoms with E-state index >= 15 is 0 Å². The van der Waals surface area contributed by atoms with E-state index in [0.717, 1.165) is 37.2 Å².